The molecule has 0 atom stereocenters. The number of benzene rings is 2. The molecule has 0 bridgehead atoms. The number of nitrogens with zero attached hydrogens (tertiary/aromatic N) is 1. The lowest BCUT2D eigenvalue weighted by atomic mass is 10.1. The molecule has 0 aliphatic carbocycles. The van der Waals surface area contributed by atoms with Crippen molar-refractivity contribution >= 4 is 34.0 Å². The molecule has 136 valence electrons. The zero-order valence-electron chi connectivity index (χ0n) is 14.4. The van der Waals surface area contributed by atoms with Crippen molar-refractivity contribution in [2.24, 2.45) is 5.73 Å². The molecule has 2 aromatic carbocycles. The van der Waals surface area contributed by atoms with E-state index in [1.807, 2.05) is 53.1 Å². The predicted molar refractivity (Wildman–Crippen MR) is 105 cm³/mol. The molecule has 4 aromatic rings. The number of hydrogen-bond acceptors (Lipinski definition) is 4. The molecule has 0 saturated carbocycles. The van der Waals surface area contributed by atoms with Crippen LogP contribution >= 0.6 is 11.6 Å². The van der Waals surface area contributed by atoms with Gasteiger partial charge in [-0.3, -0.25) is 5.73 Å². The summed E-state index contributed by atoms with van der Waals surface area (Å²) in [5.41, 5.74) is 8.50. The van der Waals surface area contributed by atoms with Gasteiger partial charge in [0.1, 0.15) is 19.1 Å². The van der Waals surface area contributed by atoms with E-state index in [1.165, 1.54) is 0 Å². The summed E-state index contributed by atoms with van der Waals surface area (Å²) in [6, 6.07) is 18.4. The average Bonchev–Trinajstić information content (AvgIpc) is 3.02. The maximum Gasteiger partial charge on any atom is 0.341 e. The molecule has 0 unspecified atom stereocenters. The van der Waals surface area contributed by atoms with Crippen molar-refractivity contribution < 1.29 is 14.3 Å². The number of aromatic nitrogens is 1. The van der Waals surface area contributed by atoms with Crippen molar-refractivity contribution in [3.63, 3.8) is 0 Å². The Balaban J connectivity index is 1.72. The Labute approximate surface area is 160 Å². The van der Waals surface area contributed by atoms with Gasteiger partial charge in [0.05, 0.1) is 16.6 Å². The third kappa shape index (κ3) is 3.35. The van der Waals surface area contributed by atoms with Crippen LogP contribution in [0.2, 0.25) is 5.02 Å². The van der Waals surface area contributed by atoms with Crippen molar-refractivity contribution in [2.75, 3.05) is 6.73 Å². The fourth-order valence-corrected chi connectivity index (χ4v) is 3.25. The Morgan fingerprint density at radius 3 is 2.63 bits per heavy atom. The number of pyridine rings is 1. The first-order valence-electron chi connectivity index (χ1n) is 8.44. The summed E-state index contributed by atoms with van der Waals surface area (Å²) in [5, 5.41) is 1.44. The van der Waals surface area contributed by atoms with Crippen LogP contribution in [0.15, 0.2) is 66.9 Å². The van der Waals surface area contributed by atoms with Crippen LogP contribution < -0.4 is 10.5 Å². The molecule has 0 fully saturated rings. The number of rotatable bonds is 5. The SMILES string of the molecule is NCOc1ccc2c(C(=O)OCc3ccc(Cl)cc3)c3ccccn3c2c1. The predicted octanol–water partition coefficient (Wildman–Crippen LogP) is 4.40. The smallest absolute Gasteiger partial charge is 0.341 e. The molecule has 0 aliphatic heterocycles. The van der Waals surface area contributed by atoms with Crippen LogP contribution in [0, 0.1) is 0 Å². The van der Waals surface area contributed by atoms with Gasteiger partial charge in [-0.25, -0.2) is 4.79 Å². The molecule has 2 N–H and O–H groups in total. The highest BCUT2D eigenvalue weighted by atomic mass is 35.5. The van der Waals surface area contributed by atoms with Gasteiger partial charge in [-0.15, -0.1) is 0 Å². The Kier molecular flexibility index (Phi) is 4.71. The number of hydrogen-bond donors (Lipinski definition) is 1. The molecule has 2 aromatic heterocycles. The van der Waals surface area contributed by atoms with Crippen LogP contribution in [-0.2, 0) is 11.3 Å². The lowest BCUT2D eigenvalue weighted by Gasteiger charge is -2.05. The topological polar surface area (TPSA) is 66.0 Å². The van der Waals surface area contributed by atoms with Gasteiger partial charge in [0, 0.05) is 22.7 Å². The number of carbonyl (C=O) groups is 1. The molecular weight excluding hydrogens is 364 g/mol. The zero-order chi connectivity index (χ0) is 18.8. The van der Waals surface area contributed by atoms with Crippen LogP contribution in [0.5, 0.6) is 5.75 Å². The van der Waals surface area contributed by atoms with Crippen molar-refractivity contribution in [1.82, 2.24) is 4.40 Å². The van der Waals surface area contributed by atoms with Gasteiger partial charge < -0.3 is 13.9 Å². The minimum atomic E-state index is -0.379. The maximum absolute atomic E-state index is 12.9. The van der Waals surface area contributed by atoms with Gasteiger partial charge in [-0.05, 0) is 42.0 Å². The minimum absolute atomic E-state index is 0.0881. The first-order chi connectivity index (χ1) is 13.2. The van der Waals surface area contributed by atoms with Crippen LogP contribution in [0.1, 0.15) is 15.9 Å². The van der Waals surface area contributed by atoms with Crippen LogP contribution in [-0.4, -0.2) is 17.1 Å². The molecule has 0 spiro atoms. The second kappa shape index (κ2) is 7.31. The maximum atomic E-state index is 12.9. The summed E-state index contributed by atoms with van der Waals surface area (Å²) in [6.45, 7) is 0.265. The molecule has 0 saturated heterocycles. The van der Waals surface area contributed by atoms with Gasteiger partial charge in [0.2, 0.25) is 0 Å². The zero-order valence-corrected chi connectivity index (χ0v) is 15.1. The highest BCUT2D eigenvalue weighted by Gasteiger charge is 2.20. The van der Waals surface area contributed by atoms with Gasteiger partial charge >= 0.3 is 5.97 Å². The molecule has 0 radical (unpaired) electrons. The van der Waals surface area contributed by atoms with Crippen LogP contribution in [0.25, 0.3) is 16.4 Å². The van der Waals surface area contributed by atoms with E-state index in [4.69, 9.17) is 26.8 Å². The molecule has 27 heavy (non-hydrogen) atoms. The average molecular weight is 381 g/mol. The van der Waals surface area contributed by atoms with E-state index in [2.05, 4.69) is 0 Å². The van der Waals surface area contributed by atoms with E-state index in [1.54, 1.807) is 18.2 Å². The molecule has 0 amide bonds. The standard InChI is InChI=1S/C21H17ClN2O3/c22-15-6-4-14(5-7-15)12-26-21(25)20-17-9-8-16(27-13-23)11-19(17)24-10-2-1-3-18(20)24/h1-11H,12-13,23H2. The summed E-state index contributed by atoms with van der Waals surface area (Å²) in [7, 11) is 0. The van der Waals surface area contributed by atoms with Gasteiger partial charge in [-0.2, -0.15) is 0 Å². The van der Waals surface area contributed by atoms with Gasteiger partial charge in [0.15, 0.2) is 0 Å². The van der Waals surface area contributed by atoms with Crippen molar-refractivity contribution in [3.05, 3.63) is 83.0 Å². The third-order valence-electron chi connectivity index (χ3n) is 4.35. The van der Waals surface area contributed by atoms with Gasteiger partial charge in [0.25, 0.3) is 0 Å². The van der Waals surface area contributed by atoms with Crippen LogP contribution in [0.4, 0.5) is 0 Å². The number of fused-ring (bicyclic) bond motifs is 3. The fraction of sp³-hybridized carbons (Fsp3) is 0.0952. The van der Waals surface area contributed by atoms with Crippen LogP contribution in [0.3, 0.4) is 0 Å². The molecule has 4 rings (SSSR count). The van der Waals surface area contributed by atoms with E-state index in [0.717, 1.165) is 22.0 Å². The van der Waals surface area contributed by atoms with E-state index in [9.17, 15) is 4.79 Å². The molecular formula is C21H17ClN2O3. The summed E-state index contributed by atoms with van der Waals surface area (Å²) in [5.74, 6) is 0.269. The molecule has 2 heterocycles. The third-order valence-corrected chi connectivity index (χ3v) is 4.60. The largest absolute Gasteiger partial charge is 0.479 e. The fourth-order valence-electron chi connectivity index (χ4n) is 3.12. The molecule has 0 aliphatic rings. The quantitative estimate of drug-likeness (QED) is 0.411. The number of esters is 1. The van der Waals surface area contributed by atoms with E-state index >= 15 is 0 Å². The van der Waals surface area contributed by atoms with Crippen molar-refractivity contribution in [3.8, 4) is 5.75 Å². The van der Waals surface area contributed by atoms with Crippen molar-refractivity contribution in [2.45, 2.75) is 6.61 Å². The summed E-state index contributed by atoms with van der Waals surface area (Å²) in [6.07, 6.45) is 1.90. The number of halogens is 1. The van der Waals surface area contributed by atoms with E-state index in [-0.39, 0.29) is 19.3 Å². The molecule has 6 heteroatoms. The summed E-state index contributed by atoms with van der Waals surface area (Å²) >= 11 is 5.89. The number of nitrogens with two attached hydrogens (primary N) is 1. The second-order valence-corrected chi connectivity index (χ2v) is 6.46. The highest BCUT2D eigenvalue weighted by molar-refractivity contribution is 6.30. The number of carbonyl (C=O) groups excluding carboxylic acids is 1. The monoisotopic (exact) mass is 380 g/mol. The lowest BCUT2D eigenvalue weighted by molar-refractivity contribution is 0.0477. The first-order valence-corrected chi connectivity index (χ1v) is 8.82. The number of ether oxygens (including phenoxy) is 2. The normalized spacial score (nSPS) is 11.0. The molecule has 5 nitrogen and oxygen atoms in total. The Hall–Kier alpha value is -3.02. The summed E-state index contributed by atoms with van der Waals surface area (Å²) in [4.78, 5) is 12.9. The van der Waals surface area contributed by atoms with Crippen molar-refractivity contribution in [1.29, 1.82) is 0 Å². The highest BCUT2D eigenvalue weighted by Crippen LogP contribution is 2.30. The summed E-state index contributed by atoms with van der Waals surface area (Å²) < 4.78 is 12.9. The van der Waals surface area contributed by atoms with Gasteiger partial charge in [-0.1, -0.05) is 29.8 Å². The lowest BCUT2D eigenvalue weighted by Crippen LogP contribution is -2.07. The van der Waals surface area contributed by atoms with E-state index < -0.39 is 0 Å². The minimum Gasteiger partial charge on any atom is -0.479 e. The Bertz CT molecular complexity index is 1120. The second-order valence-electron chi connectivity index (χ2n) is 6.02. The van der Waals surface area contributed by atoms with E-state index in [0.29, 0.717) is 16.3 Å². The Morgan fingerprint density at radius 2 is 1.85 bits per heavy atom. The Morgan fingerprint density at radius 1 is 1.04 bits per heavy atom. The first kappa shape index (κ1) is 17.4.